The molecule has 1 fully saturated rings. The van der Waals surface area contributed by atoms with Crippen LogP contribution in [0.2, 0.25) is 10.0 Å². The molecule has 0 saturated carbocycles. The first kappa shape index (κ1) is 22.9. The van der Waals surface area contributed by atoms with E-state index in [1.54, 1.807) is 12.1 Å². The third-order valence-corrected chi connectivity index (χ3v) is 6.36. The van der Waals surface area contributed by atoms with Crippen LogP contribution in [0.4, 0.5) is 8.78 Å². The maximum absolute atomic E-state index is 14.9. The van der Waals surface area contributed by atoms with Crippen molar-refractivity contribution in [1.82, 2.24) is 5.32 Å². The van der Waals surface area contributed by atoms with Crippen LogP contribution < -0.4 is 14.8 Å². The van der Waals surface area contributed by atoms with Crippen LogP contribution >= 0.6 is 23.2 Å². The summed E-state index contributed by atoms with van der Waals surface area (Å²) < 4.78 is 46.4. The van der Waals surface area contributed by atoms with E-state index in [0.717, 1.165) is 18.9 Å². The lowest BCUT2D eigenvalue weighted by Crippen LogP contribution is -2.37. The zero-order valence-electron chi connectivity index (χ0n) is 17.7. The quantitative estimate of drug-likeness (QED) is 0.472. The van der Waals surface area contributed by atoms with Crippen molar-refractivity contribution >= 4 is 29.1 Å². The van der Waals surface area contributed by atoms with Crippen LogP contribution in [0.3, 0.4) is 0 Å². The van der Waals surface area contributed by atoms with E-state index < -0.39 is 23.3 Å². The van der Waals surface area contributed by atoms with E-state index in [0.29, 0.717) is 22.8 Å². The molecule has 2 atom stereocenters. The largest absolute Gasteiger partial charge is 0.440 e. The number of halogens is 4. The molecule has 1 saturated heterocycles. The van der Waals surface area contributed by atoms with E-state index in [9.17, 15) is 13.6 Å². The molecule has 0 spiro atoms. The molecule has 0 bridgehead atoms. The number of nitrogens with one attached hydrogen (secondary N) is 1. The van der Waals surface area contributed by atoms with Crippen LogP contribution in [0.25, 0.3) is 0 Å². The van der Waals surface area contributed by atoms with Crippen LogP contribution in [0.1, 0.15) is 34.3 Å². The number of hydrogen-bond acceptors (Lipinski definition) is 4. The van der Waals surface area contributed by atoms with Gasteiger partial charge in [-0.25, -0.2) is 8.78 Å². The highest BCUT2D eigenvalue weighted by molar-refractivity contribution is 6.35. The molecule has 0 aromatic heterocycles. The first-order valence-electron chi connectivity index (χ1n) is 10.7. The number of carbonyl (C=O) groups is 1. The van der Waals surface area contributed by atoms with Crippen LogP contribution in [-0.2, 0) is 10.5 Å². The highest BCUT2D eigenvalue weighted by Crippen LogP contribution is 2.50. The van der Waals surface area contributed by atoms with E-state index in [1.165, 1.54) is 36.4 Å². The molecule has 1 N–H and O–H groups in total. The van der Waals surface area contributed by atoms with E-state index in [1.807, 2.05) is 0 Å². The lowest BCUT2D eigenvalue weighted by molar-refractivity contribution is -0.0459. The summed E-state index contributed by atoms with van der Waals surface area (Å²) in [5.41, 5.74) is 0.600. The Morgan fingerprint density at radius 1 is 1.03 bits per heavy atom. The summed E-state index contributed by atoms with van der Waals surface area (Å²) >= 11 is 12.5. The maximum Gasteiger partial charge on any atom is 0.307 e. The molecule has 0 radical (unpaired) electrons. The number of benzene rings is 3. The van der Waals surface area contributed by atoms with Gasteiger partial charge in [-0.3, -0.25) is 4.79 Å². The van der Waals surface area contributed by atoms with E-state index in [2.05, 4.69) is 5.32 Å². The zero-order chi connectivity index (χ0) is 23.9. The minimum absolute atomic E-state index is 0.0727. The SMILES string of the molecule is O=C(NCC1CCCO1)c1cc2c(cc1F)OC(c1ccc(F)cc1)(c1ccc(Cl)cc1Cl)O2. The van der Waals surface area contributed by atoms with Gasteiger partial charge in [0.05, 0.1) is 22.3 Å². The van der Waals surface area contributed by atoms with Gasteiger partial charge in [-0.2, -0.15) is 0 Å². The Kier molecular flexibility index (Phi) is 6.10. The average molecular weight is 506 g/mol. The van der Waals surface area contributed by atoms with Crippen molar-refractivity contribution in [3.05, 3.63) is 93.0 Å². The zero-order valence-corrected chi connectivity index (χ0v) is 19.3. The lowest BCUT2D eigenvalue weighted by Gasteiger charge is -2.29. The molecule has 3 aromatic carbocycles. The number of amides is 1. The van der Waals surface area contributed by atoms with Gasteiger partial charge in [-0.1, -0.05) is 23.2 Å². The molecule has 1 amide bonds. The number of carbonyl (C=O) groups excluding carboxylic acids is 1. The Morgan fingerprint density at radius 3 is 2.44 bits per heavy atom. The second-order valence-electron chi connectivity index (χ2n) is 8.08. The summed E-state index contributed by atoms with van der Waals surface area (Å²) in [7, 11) is 0. The average Bonchev–Trinajstić information content (AvgIpc) is 3.45. The predicted molar refractivity (Wildman–Crippen MR) is 123 cm³/mol. The fourth-order valence-corrected chi connectivity index (χ4v) is 4.65. The topological polar surface area (TPSA) is 56.8 Å². The highest BCUT2D eigenvalue weighted by atomic mass is 35.5. The molecule has 2 aliphatic heterocycles. The van der Waals surface area contributed by atoms with Gasteiger partial charge >= 0.3 is 5.79 Å². The van der Waals surface area contributed by atoms with Crippen LogP contribution in [0.5, 0.6) is 11.5 Å². The second kappa shape index (κ2) is 9.06. The third-order valence-electron chi connectivity index (χ3n) is 5.81. The Balaban J connectivity index is 1.51. The molecule has 3 aromatic rings. The molecule has 2 heterocycles. The minimum Gasteiger partial charge on any atom is -0.440 e. The van der Waals surface area contributed by atoms with Crippen molar-refractivity contribution in [2.24, 2.45) is 0 Å². The fourth-order valence-electron chi connectivity index (χ4n) is 4.12. The smallest absolute Gasteiger partial charge is 0.307 e. The van der Waals surface area contributed by atoms with Crippen molar-refractivity contribution in [3.8, 4) is 11.5 Å². The Morgan fingerprint density at radius 2 is 1.76 bits per heavy atom. The van der Waals surface area contributed by atoms with Crippen LogP contribution in [0.15, 0.2) is 54.6 Å². The van der Waals surface area contributed by atoms with Crippen LogP contribution in [0, 0.1) is 11.6 Å². The van der Waals surface area contributed by atoms with E-state index in [4.69, 9.17) is 37.4 Å². The predicted octanol–water partition coefficient (Wildman–Crippen LogP) is 5.85. The molecule has 176 valence electrons. The third kappa shape index (κ3) is 4.19. The first-order chi connectivity index (χ1) is 16.4. The first-order valence-corrected chi connectivity index (χ1v) is 11.4. The normalized spacial score (nSPS) is 21.0. The molecule has 5 rings (SSSR count). The molecular weight excluding hydrogens is 487 g/mol. The van der Waals surface area contributed by atoms with Gasteiger partial charge < -0.3 is 19.5 Å². The Labute approximate surface area is 204 Å². The van der Waals surface area contributed by atoms with Gasteiger partial charge in [-0.15, -0.1) is 0 Å². The molecule has 5 nitrogen and oxygen atoms in total. The molecule has 9 heteroatoms. The van der Waals surface area contributed by atoms with Gasteiger partial charge in [0.25, 0.3) is 5.91 Å². The molecule has 34 heavy (non-hydrogen) atoms. The van der Waals surface area contributed by atoms with Crippen molar-refractivity contribution in [3.63, 3.8) is 0 Å². The van der Waals surface area contributed by atoms with Gasteiger partial charge in [0, 0.05) is 29.8 Å². The van der Waals surface area contributed by atoms with Gasteiger partial charge in [-0.05, 0) is 61.4 Å². The Bertz CT molecular complexity index is 1250. The van der Waals surface area contributed by atoms with Gasteiger partial charge in [0.15, 0.2) is 11.5 Å². The van der Waals surface area contributed by atoms with E-state index in [-0.39, 0.29) is 34.7 Å². The van der Waals surface area contributed by atoms with E-state index >= 15 is 0 Å². The molecule has 0 aliphatic carbocycles. The number of hydrogen-bond donors (Lipinski definition) is 1. The minimum atomic E-state index is -1.64. The standard InChI is InChI=1S/C25H19Cl2F2NO4/c26-15-5-8-19(20(27)10-15)25(14-3-6-16(28)7-4-14)33-22-11-18(21(29)12-23(22)34-25)24(31)30-13-17-2-1-9-32-17/h3-8,10-12,17H,1-2,9,13H2,(H,30,31). The summed E-state index contributed by atoms with van der Waals surface area (Å²) in [5.74, 6) is -3.25. The summed E-state index contributed by atoms with van der Waals surface area (Å²) in [6.07, 6.45) is 1.68. The highest BCUT2D eigenvalue weighted by Gasteiger charge is 2.47. The summed E-state index contributed by atoms with van der Waals surface area (Å²) in [4.78, 5) is 12.7. The summed E-state index contributed by atoms with van der Waals surface area (Å²) in [6, 6.07) is 12.6. The van der Waals surface area contributed by atoms with Crippen molar-refractivity contribution in [1.29, 1.82) is 0 Å². The number of rotatable bonds is 5. The maximum atomic E-state index is 14.9. The van der Waals surface area contributed by atoms with Crippen LogP contribution in [-0.4, -0.2) is 25.2 Å². The molecular formula is C25H19Cl2F2NO4. The molecule has 2 aliphatic rings. The lowest BCUT2D eigenvalue weighted by atomic mass is 9.97. The summed E-state index contributed by atoms with van der Waals surface area (Å²) in [6.45, 7) is 0.935. The Hall–Kier alpha value is -2.87. The van der Waals surface area contributed by atoms with Crippen molar-refractivity contribution < 1.29 is 27.8 Å². The molecule has 2 unspecified atom stereocenters. The van der Waals surface area contributed by atoms with Crippen molar-refractivity contribution in [2.75, 3.05) is 13.2 Å². The van der Waals surface area contributed by atoms with Crippen molar-refractivity contribution in [2.45, 2.75) is 24.7 Å². The number of fused-ring (bicyclic) bond motifs is 1. The van der Waals surface area contributed by atoms with Gasteiger partial charge in [0.2, 0.25) is 0 Å². The monoisotopic (exact) mass is 505 g/mol. The van der Waals surface area contributed by atoms with Gasteiger partial charge in [0.1, 0.15) is 11.6 Å². The summed E-state index contributed by atoms with van der Waals surface area (Å²) in [5, 5.41) is 3.33. The fraction of sp³-hybridized carbons (Fsp3) is 0.240. The number of ether oxygens (including phenoxy) is 3. The second-order valence-corrected chi connectivity index (χ2v) is 8.92.